The number of carbonyl (C=O) groups excluding carboxylic acids is 2. The number of rotatable bonds is 5. The molecule has 1 amide bonds. The zero-order valence-electron chi connectivity index (χ0n) is 17.0. The van der Waals surface area contributed by atoms with Crippen LogP contribution in [0.25, 0.3) is 0 Å². The third-order valence-electron chi connectivity index (χ3n) is 5.33. The lowest BCUT2D eigenvalue weighted by atomic mass is 9.76. The highest BCUT2D eigenvalue weighted by Crippen LogP contribution is 2.38. The summed E-state index contributed by atoms with van der Waals surface area (Å²) in [6, 6.07) is 0.285. The molecule has 0 radical (unpaired) electrons. The van der Waals surface area contributed by atoms with Gasteiger partial charge in [0.1, 0.15) is 11.4 Å². The second-order valence-electron chi connectivity index (χ2n) is 8.75. The molecule has 4 heteroatoms. The molecule has 2 heterocycles. The number of nitrogens with zero attached hydrogens (tertiary/aromatic N) is 1. The van der Waals surface area contributed by atoms with Gasteiger partial charge in [-0.3, -0.25) is 4.79 Å². The highest BCUT2D eigenvalue weighted by atomic mass is 16.6. The topological polar surface area (TPSA) is 46.6 Å². The van der Waals surface area contributed by atoms with Gasteiger partial charge in [-0.1, -0.05) is 25.7 Å². The minimum atomic E-state index is -0.481. The minimum Gasteiger partial charge on any atom is -0.444 e. The zero-order chi connectivity index (χ0) is 19.2. The summed E-state index contributed by atoms with van der Waals surface area (Å²) >= 11 is 0. The van der Waals surface area contributed by atoms with E-state index in [9.17, 15) is 9.59 Å². The van der Waals surface area contributed by atoms with Crippen molar-refractivity contribution in [2.24, 2.45) is 5.92 Å². The number of Topliss-reactive ketones (excluding diaryl/α,β-unsaturated/α-hetero) is 1. The van der Waals surface area contributed by atoms with Crippen LogP contribution < -0.4 is 0 Å². The molecule has 2 aliphatic heterocycles. The third-order valence-corrected chi connectivity index (χ3v) is 5.33. The van der Waals surface area contributed by atoms with Gasteiger partial charge in [0.05, 0.1) is 6.42 Å². The van der Waals surface area contributed by atoms with Gasteiger partial charge in [-0.2, -0.15) is 0 Å². The molecule has 2 saturated heterocycles. The summed E-state index contributed by atoms with van der Waals surface area (Å²) in [6.45, 7) is 7.87. The molecule has 0 aromatic heterocycles. The number of ketones is 1. The quantitative estimate of drug-likeness (QED) is 0.506. The van der Waals surface area contributed by atoms with Gasteiger partial charge in [0.15, 0.2) is 0 Å². The van der Waals surface area contributed by atoms with E-state index in [1.165, 1.54) is 12.8 Å². The van der Waals surface area contributed by atoms with Crippen LogP contribution in [0.15, 0.2) is 0 Å². The van der Waals surface area contributed by atoms with Gasteiger partial charge in [-0.25, -0.2) is 4.79 Å². The SMILES string of the molecule is CCCCCC#CCC(=O)C1CC2CCCC(C1)N2C(=O)OC(C)(C)C. The van der Waals surface area contributed by atoms with Gasteiger partial charge in [-0.15, -0.1) is 5.92 Å². The Bertz CT molecular complexity index is 538. The van der Waals surface area contributed by atoms with E-state index in [0.717, 1.165) is 44.9 Å². The Hall–Kier alpha value is -1.50. The summed E-state index contributed by atoms with van der Waals surface area (Å²) in [7, 11) is 0. The number of hydrogen-bond donors (Lipinski definition) is 0. The van der Waals surface area contributed by atoms with Gasteiger partial charge in [-0.05, 0) is 59.3 Å². The van der Waals surface area contributed by atoms with Crippen LogP contribution >= 0.6 is 0 Å². The van der Waals surface area contributed by atoms with E-state index in [4.69, 9.17) is 4.74 Å². The van der Waals surface area contributed by atoms with Gasteiger partial charge >= 0.3 is 6.09 Å². The molecule has 26 heavy (non-hydrogen) atoms. The molecule has 2 aliphatic rings. The van der Waals surface area contributed by atoms with Crippen molar-refractivity contribution in [3.63, 3.8) is 0 Å². The number of carbonyl (C=O) groups is 2. The molecule has 2 bridgehead atoms. The Morgan fingerprint density at radius 1 is 1.08 bits per heavy atom. The van der Waals surface area contributed by atoms with E-state index in [1.807, 2.05) is 25.7 Å². The fraction of sp³-hybridized carbons (Fsp3) is 0.818. The van der Waals surface area contributed by atoms with Gasteiger partial charge < -0.3 is 9.64 Å². The maximum absolute atomic E-state index is 12.6. The van der Waals surface area contributed by atoms with Crippen molar-refractivity contribution in [3.05, 3.63) is 0 Å². The van der Waals surface area contributed by atoms with Crippen LogP contribution in [0.4, 0.5) is 4.79 Å². The monoisotopic (exact) mass is 361 g/mol. The highest BCUT2D eigenvalue weighted by Gasteiger charge is 2.44. The molecule has 2 atom stereocenters. The Morgan fingerprint density at radius 3 is 2.31 bits per heavy atom. The minimum absolute atomic E-state index is 0.0499. The third kappa shape index (κ3) is 6.04. The zero-order valence-corrected chi connectivity index (χ0v) is 17.0. The molecule has 2 rings (SSSR count). The predicted molar refractivity (Wildman–Crippen MR) is 104 cm³/mol. The predicted octanol–water partition coefficient (Wildman–Crippen LogP) is 5.10. The number of amides is 1. The Kier molecular flexibility index (Phi) is 7.55. The van der Waals surface area contributed by atoms with E-state index in [-0.39, 0.29) is 29.9 Å². The average molecular weight is 362 g/mol. The van der Waals surface area contributed by atoms with Crippen molar-refractivity contribution in [2.75, 3.05) is 0 Å². The standard InChI is InChI=1S/C22H35NO3/c1-5-6-7-8-9-10-14-20(24)17-15-18-12-11-13-19(16-17)23(18)21(25)26-22(2,3)4/h17-19H,5-8,11-16H2,1-4H3. The number of unbranched alkanes of at least 4 members (excludes halogenated alkanes) is 3. The summed E-state index contributed by atoms with van der Waals surface area (Å²) in [5, 5.41) is 0. The second kappa shape index (κ2) is 9.44. The number of hydrogen-bond acceptors (Lipinski definition) is 3. The first-order valence-electron chi connectivity index (χ1n) is 10.3. The molecule has 4 nitrogen and oxygen atoms in total. The van der Waals surface area contributed by atoms with Gasteiger partial charge in [0.2, 0.25) is 0 Å². The fourth-order valence-corrected chi connectivity index (χ4v) is 4.10. The highest BCUT2D eigenvalue weighted by molar-refractivity contribution is 5.83. The first-order valence-corrected chi connectivity index (χ1v) is 10.3. The van der Waals surface area contributed by atoms with Gasteiger partial charge in [0.25, 0.3) is 0 Å². The normalized spacial score (nSPS) is 25.2. The lowest BCUT2D eigenvalue weighted by Crippen LogP contribution is -2.56. The molecule has 146 valence electrons. The molecule has 0 N–H and O–H groups in total. The summed E-state index contributed by atoms with van der Waals surface area (Å²) < 4.78 is 5.60. The summed E-state index contributed by atoms with van der Waals surface area (Å²) in [5.41, 5.74) is -0.481. The van der Waals surface area contributed by atoms with Crippen molar-refractivity contribution < 1.29 is 14.3 Å². The smallest absolute Gasteiger partial charge is 0.410 e. The Morgan fingerprint density at radius 2 is 1.73 bits per heavy atom. The van der Waals surface area contributed by atoms with Crippen molar-refractivity contribution in [1.29, 1.82) is 0 Å². The Balaban J connectivity index is 1.90. The van der Waals surface area contributed by atoms with Crippen LogP contribution in [0.2, 0.25) is 0 Å². The first-order chi connectivity index (χ1) is 12.3. The van der Waals surface area contributed by atoms with Crippen molar-refractivity contribution in [1.82, 2.24) is 4.90 Å². The second-order valence-corrected chi connectivity index (χ2v) is 8.75. The molecule has 0 aromatic carbocycles. The lowest BCUT2D eigenvalue weighted by Gasteiger charge is -2.48. The molecule has 0 aromatic rings. The van der Waals surface area contributed by atoms with Crippen molar-refractivity contribution in [3.8, 4) is 11.8 Å². The first kappa shape index (κ1) is 20.8. The molecule has 0 spiro atoms. The summed E-state index contributed by atoms with van der Waals surface area (Å²) in [5.74, 6) is 6.51. The average Bonchev–Trinajstić information content (AvgIpc) is 2.55. The van der Waals surface area contributed by atoms with Crippen LogP contribution in [0, 0.1) is 17.8 Å². The fourth-order valence-electron chi connectivity index (χ4n) is 4.10. The van der Waals surface area contributed by atoms with E-state index >= 15 is 0 Å². The number of fused-ring (bicyclic) bond motifs is 2. The lowest BCUT2D eigenvalue weighted by molar-refractivity contribution is -0.126. The molecular formula is C22H35NO3. The summed E-state index contributed by atoms with van der Waals surface area (Å²) in [6.07, 6.45) is 9.18. The van der Waals surface area contributed by atoms with Crippen LogP contribution in [0.5, 0.6) is 0 Å². The number of piperidine rings is 2. The largest absolute Gasteiger partial charge is 0.444 e. The van der Waals surface area contributed by atoms with Crippen molar-refractivity contribution >= 4 is 11.9 Å². The maximum Gasteiger partial charge on any atom is 0.410 e. The van der Waals surface area contributed by atoms with Crippen LogP contribution in [-0.2, 0) is 9.53 Å². The molecular weight excluding hydrogens is 326 g/mol. The van der Waals surface area contributed by atoms with Crippen LogP contribution in [-0.4, -0.2) is 34.5 Å². The molecule has 2 fully saturated rings. The Labute approximate surface area is 159 Å². The maximum atomic E-state index is 12.6. The molecule has 0 aliphatic carbocycles. The van der Waals surface area contributed by atoms with E-state index in [1.54, 1.807) is 0 Å². The van der Waals surface area contributed by atoms with E-state index < -0.39 is 5.60 Å². The van der Waals surface area contributed by atoms with Crippen molar-refractivity contribution in [2.45, 2.75) is 110 Å². The number of ether oxygens (including phenoxy) is 1. The van der Waals surface area contributed by atoms with Gasteiger partial charge in [0, 0.05) is 24.4 Å². The van der Waals surface area contributed by atoms with Crippen LogP contribution in [0.1, 0.15) is 91.9 Å². The summed E-state index contributed by atoms with van der Waals surface area (Å²) in [4.78, 5) is 27.1. The molecule has 0 saturated carbocycles. The molecule has 2 unspecified atom stereocenters. The van der Waals surface area contributed by atoms with E-state index in [2.05, 4.69) is 18.8 Å². The van der Waals surface area contributed by atoms with E-state index in [0.29, 0.717) is 6.42 Å². The van der Waals surface area contributed by atoms with Crippen LogP contribution in [0.3, 0.4) is 0 Å².